The van der Waals surface area contributed by atoms with Crippen molar-refractivity contribution in [1.29, 1.82) is 0 Å². The predicted molar refractivity (Wildman–Crippen MR) is 68.7 cm³/mol. The highest BCUT2D eigenvalue weighted by atomic mass is 16.5. The van der Waals surface area contributed by atoms with Gasteiger partial charge >= 0.3 is 18.0 Å². The molecule has 0 saturated heterocycles. The molecule has 0 bridgehead atoms. The van der Waals surface area contributed by atoms with Crippen LogP contribution in [0.3, 0.4) is 0 Å². The number of carboxylic acid groups (broad SMARTS) is 1. The molecule has 2 amide bonds. The number of hydrogen-bond donors (Lipinski definition) is 2. The second-order valence-electron chi connectivity index (χ2n) is 4.20. The first-order valence-corrected chi connectivity index (χ1v) is 6.20. The van der Waals surface area contributed by atoms with Gasteiger partial charge in [0.05, 0.1) is 13.5 Å². The van der Waals surface area contributed by atoms with Crippen molar-refractivity contribution in [3.63, 3.8) is 0 Å². The zero-order chi connectivity index (χ0) is 15.0. The smallest absolute Gasteiger partial charge is 0.326 e. The summed E-state index contributed by atoms with van der Waals surface area (Å²) in [6.07, 6.45) is 1.15. The Morgan fingerprint density at radius 1 is 1.26 bits per heavy atom. The molecule has 19 heavy (non-hydrogen) atoms. The van der Waals surface area contributed by atoms with Gasteiger partial charge in [0.1, 0.15) is 6.04 Å². The van der Waals surface area contributed by atoms with Gasteiger partial charge in [-0.15, -0.1) is 0 Å². The second-order valence-corrected chi connectivity index (χ2v) is 4.20. The molecule has 0 spiro atoms. The summed E-state index contributed by atoms with van der Waals surface area (Å²) in [7, 11) is 2.77. The van der Waals surface area contributed by atoms with Gasteiger partial charge in [-0.05, 0) is 12.8 Å². The van der Waals surface area contributed by atoms with Crippen molar-refractivity contribution in [3.05, 3.63) is 0 Å². The molecular weight excluding hydrogens is 252 g/mol. The van der Waals surface area contributed by atoms with Gasteiger partial charge in [0, 0.05) is 13.1 Å². The average molecular weight is 274 g/mol. The summed E-state index contributed by atoms with van der Waals surface area (Å²) in [5.74, 6) is -1.95. The predicted octanol–water partition coefficient (Wildman–Crippen LogP) is 0.833. The first kappa shape index (κ1) is 17.2. The number of nitrogens with one attached hydrogen (secondary N) is 1. The minimum atomic E-state index is -1.28. The van der Waals surface area contributed by atoms with Gasteiger partial charge < -0.3 is 20.1 Å². The number of amides is 2. The first-order chi connectivity index (χ1) is 8.87. The number of esters is 1. The van der Waals surface area contributed by atoms with Crippen LogP contribution in [-0.2, 0) is 14.3 Å². The Bertz CT molecular complexity index is 328. The zero-order valence-corrected chi connectivity index (χ0v) is 11.8. The maximum Gasteiger partial charge on any atom is 0.326 e. The number of ether oxygens (including phenoxy) is 1. The van der Waals surface area contributed by atoms with Crippen LogP contribution in [0.1, 0.15) is 33.1 Å². The Balaban J connectivity index is 4.63. The van der Waals surface area contributed by atoms with Gasteiger partial charge in [-0.1, -0.05) is 13.8 Å². The molecule has 0 rings (SSSR count). The van der Waals surface area contributed by atoms with Crippen LogP contribution in [0.15, 0.2) is 0 Å². The maximum absolute atomic E-state index is 11.9. The molecule has 1 atom stereocenters. The summed E-state index contributed by atoms with van der Waals surface area (Å²) < 4.78 is 4.40. The van der Waals surface area contributed by atoms with E-state index in [0.717, 1.165) is 12.8 Å². The van der Waals surface area contributed by atoms with Crippen LogP contribution in [0.5, 0.6) is 0 Å². The summed E-state index contributed by atoms with van der Waals surface area (Å²) in [5, 5.41) is 11.3. The number of nitrogens with zero attached hydrogens (tertiary/aromatic N) is 1. The highest BCUT2D eigenvalue weighted by Gasteiger charge is 2.26. The molecule has 2 N–H and O–H groups in total. The van der Waals surface area contributed by atoms with E-state index in [1.165, 1.54) is 12.0 Å². The molecule has 0 aliphatic carbocycles. The minimum absolute atomic E-state index is 0.0348. The molecule has 0 radical (unpaired) electrons. The van der Waals surface area contributed by atoms with Crippen LogP contribution in [0, 0.1) is 0 Å². The molecule has 0 aliphatic heterocycles. The third-order valence-corrected chi connectivity index (χ3v) is 3.00. The van der Waals surface area contributed by atoms with E-state index < -0.39 is 30.4 Å². The summed E-state index contributed by atoms with van der Waals surface area (Å²) in [4.78, 5) is 35.4. The van der Waals surface area contributed by atoms with E-state index in [9.17, 15) is 14.4 Å². The van der Waals surface area contributed by atoms with Crippen LogP contribution in [0.25, 0.3) is 0 Å². The monoisotopic (exact) mass is 274 g/mol. The molecule has 110 valence electrons. The van der Waals surface area contributed by atoms with Gasteiger partial charge in [-0.25, -0.2) is 9.59 Å². The number of carbonyl (C=O) groups is 3. The fraction of sp³-hybridized carbons (Fsp3) is 0.750. The highest BCUT2D eigenvalue weighted by Crippen LogP contribution is 2.07. The molecule has 0 aromatic heterocycles. The molecule has 0 unspecified atom stereocenters. The van der Waals surface area contributed by atoms with Crippen molar-refractivity contribution >= 4 is 18.0 Å². The van der Waals surface area contributed by atoms with Crippen LogP contribution in [-0.4, -0.2) is 54.2 Å². The third-order valence-electron chi connectivity index (χ3n) is 3.00. The Labute approximate surface area is 112 Å². The minimum Gasteiger partial charge on any atom is -0.480 e. The number of hydrogen-bond acceptors (Lipinski definition) is 4. The Morgan fingerprint density at radius 2 is 1.79 bits per heavy atom. The largest absolute Gasteiger partial charge is 0.480 e. The third kappa shape index (κ3) is 5.58. The molecule has 0 fully saturated rings. The van der Waals surface area contributed by atoms with Crippen LogP contribution >= 0.6 is 0 Å². The van der Waals surface area contributed by atoms with E-state index in [-0.39, 0.29) is 6.04 Å². The summed E-state index contributed by atoms with van der Waals surface area (Å²) in [6.45, 7) is 3.89. The summed E-state index contributed by atoms with van der Waals surface area (Å²) in [6, 6.07) is -1.76. The Kier molecular flexibility index (Phi) is 7.55. The lowest BCUT2D eigenvalue weighted by Crippen LogP contribution is -2.50. The number of carboxylic acids is 1. The zero-order valence-electron chi connectivity index (χ0n) is 11.8. The SMILES string of the molecule is CCC(CC)N(C)C(=O)N[C@@H](CC(=O)OC)C(=O)O. The van der Waals surface area contributed by atoms with Crippen molar-refractivity contribution < 1.29 is 24.2 Å². The average Bonchev–Trinajstić information content (AvgIpc) is 2.38. The van der Waals surface area contributed by atoms with Crippen LogP contribution in [0.4, 0.5) is 4.79 Å². The lowest BCUT2D eigenvalue weighted by molar-refractivity contribution is -0.147. The van der Waals surface area contributed by atoms with E-state index in [1.807, 2.05) is 13.8 Å². The lowest BCUT2D eigenvalue weighted by atomic mass is 10.1. The number of rotatable bonds is 7. The van der Waals surface area contributed by atoms with Crippen molar-refractivity contribution in [2.45, 2.75) is 45.2 Å². The lowest BCUT2D eigenvalue weighted by Gasteiger charge is -2.27. The van der Waals surface area contributed by atoms with Gasteiger partial charge in [0.15, 0.2) is 0 Å². The van der Waals surface area contributed by atoms with Gasteiger partial charge in [0.2, 0.25) is 0 Å². The molecule has 0 saturated carbocycles. The molecule has 0 aliphatic rings. The van der Waals surface area contributed by atoms with Crippen LogP contribution in [0.2, 0.25) is 0 Å². The molecule has 0 heterocycles. The first-order valence-electron chi connectivity index (χ1n) is 6.20. The van der Waals surface area contributed by atoms with Crippen molar-refractivity contribution in [3.8, 4) is 0 Å². The van der Waals surface area contributed by atoms with Crippen molar-refractivity contribution in [2.24, 2.45) is 0 Å². The normalized spacial score (nSPS) is 11.8. The van der Waals surface area contributed by atoms with Crippen molar-refractivity contribution in [1.82, 2.24) is 10.2 Å². The number of urea groups is 1. The number of aliphatic carboxylic acids is 1. The Hall–Kier alpha value is -1.79. The number of carbonyl (C=O) groups excluding carboxylic acids is 2. The van der Waals surface area contributed by atoms with E-state index in [2.05, 4.69) is 10.1 Å². The van der Waals surface area contributed by atoms with E-state index >= 15 is 0 Å². The van der Waals surface area contributed by atoms with Crippen LogP contribution < -0.4 is 5.32 Å². The molecule has 0 aromatic carbocycles. The Morgan fingerprint density at radius 3 is 2.16 bits per heavy atom. The maximum atomic E-state index is 11.9. The standard InChI is InChI=1S/C12H22N2O5/c1-5-8(6-2)14(3)12(18)13-9(11(16)17)7-10(15)19-4/h8-9H,5-7H2,1-4H3,(H,13,18)(H,16,17)/t9-/m0/s1. The summed E-state index contributed by atoms with van der Waals surface area (Å²) in [5.41, 5.74) is 0. The molecule has 0 aromatic rings. The number of methoxy groups -OCH3 is 1. The fourth-order valence-corrected chi connectivity index (χ4v) is 1.70. The molecule has 7 nitrogen and oxygen atoms in total. The van der Waals surface area contributed by atoms with E-state index in [1.54, 1.807) is 7.05 Å². The fourth-order valence-electron chi connectivity index (χ4n) is 1.70. The topological polar surface area (TPSA) is 95.9 Å². The van der Waals surface area contributed by atoms with Crippen molar-refractivity contribution in [2.75, 3.05) is 14.2 Å². The van der Waals surface area contributed by atoms with Gasteiger partial charge in [-0.3, -0.25) is 4.79 Å². The quantitative estimate of drug-likeness (QED) is 0.670. The van der Waals surface area contributed by atoms with E-state index in [0.29, 0.717) is 0 Å². The molecular formula is C12H22N2O5. The van der Waals surface area contributed by atoms with Gasteiger partial charge in [0.25, 0.3) is 0 Å². The molecule has 7 heteroatoms. The second kappa shape index (κ2) is 8.34. The summed E-state index contributed by atoms with van der Waals surface area (Å²) >= 11 is 0. The van der Waals surface area contributed by atoms with E-state index in [4.69, 9.17) is 5.11 Å². The van der Waals surface area contributed by atoms with Gasteiger partial charge in [-0.2, -0.15) is 0 Å². The highest BCUT2D eigenvalue weighted by molar-refractivity contribution is 5.86.